The maximum absolute atomic E-state index is 6.00. The van der Waals surface area contributed by atoms with E-state index in [4.69, 9.17) is 22.1 Å². The first-order chi connectivity index (χ1) is 8.35. The first-order valence-corrected chi connectivity index (χ1v) is 6.67. The van der Waals surface area contributed by atoms with Gasteiger partial charge in [-0.2, -0.15) is 0 Å². The van der Waals surface area contributed by atoms with Crippen LogP contribution in [0.25, 0.3) is 0 Å². The highest BCUT2D eigenvalue weighted by atomic mass is 35.5. The molecule has 100 valence electrons. The average molecular weight is 269 g/mol. The first-order valence-electron chi connectivity index (χ1n) is 6.30. The van der Waals surface area contributed by atoms with Crippen molar-refractivity contribution in [3.05, 3.63) is 28.8 Å². The Kier molecular flexibility index (Phi) is 3.85. The van der Waals surface area contributed by atoms with E-state index < -0.39 is 0 Å². The predicted octanol–water partition coefficient (Wildman–Crippen LogP) is 2.92. The molecule has 18 heavy (non-hydrogen) atoms. The SMILES string of the molecule is CC1CN(Cc2ccc(Cl)cc2N)CC(C)(C)O1. The summed E-state index contributed by atoms with van der Waals surface area (Å²) >= 11 is 5.91. The largest absolute Gasteiger partial charge is 0.398 e. The number of anilines is 1. The topological polar surface area (TPSA) is 38.5 Å². The minimum absolute atomic E-state index is 0.0984. The van der Waals surface area contributed by atoms with Crippen LogP contribution >= 0.6 is 11.6 Å². The molecule has 0 aliphatic carbocycles. The van der Waals surface area contributed by atoms with E-state index in [1.54, 1.807) is 0 Å². The molecule has 1 fully saturated rings. The van der Waals surface area contributed by atoms with Crippen molar-refractivity contribution >= 4 is 17.3 Å². The molecule has 3 nitrogen and oxygen atoms in total. The Morgan fingerprint density at radius 1 is 1.50 bits per heavy atom. The third-order valence-electron chi connectivity index (χ3n) is 3.14. The second-order valence-electron chi connectivity index (χ2n) is 5.70. The molecule has 1 saturated heterocycles. The number of benzene rings is 1. The van der Waals surface area contributed by atoms with E-state index in [1.807, 2.05) is 18.2 Å². The number of morpholine rings is 1. The second-order valence-corrected chi connectivity index (χ2v) is 6.14. The lowest BCUT2D eigenvalue weighted by atomic mass is 10.0. The van der Waals surface area contributed by atoms with E-state index in [-0.39, 0.29) is 11.7 Å². The first kappa shape index (κ1) is 13.7. The van der Waals surface area contributed by atoms with Crippen molar-refractivity contribution in [3.63, 3.8) is 0 Å². The number of ether oxygens (including phenoxy) is 1. The fraction of sp³-hybridized carbons (Fsp3) is 0.571. The molecule has 2 N–H and O–H groups in total. The number of hydrogen-bond donors (Lipinski definition) is 1. The number of nitrogens with zero attached hydrogens (tertiary/aromatic N) is 1. The summed E-state index contributed by atoms with van der Waals surface area (Å²) in [6, 6.07) is 5.71. The standard InChI is InChI=1S/C14H21ClN2O/c1-10-7-17(9-14(2,3)18-10)8-11-4-5-12(15)6-13(11)16/h4-6,10H,7-9,16H2,1-3H3. The molecule has 0 amide bonds. The lowest BCUT2D eigenvalue weighted by Gasteiger charge is -2.41. The van der Waals surface area contributed by atoms with Gasteiger partial charge < -0.3 is 10.5 Å². The van der Waals surface area contributed by atoms with E-state index >= 15 is 0 Å². The summed E-state index contributed by atoms with van der Waals surface area (Å²) in [5, 5.41) is 0.687. The Hall–Kier alpha value is -0.770. The highest BCUT2D eigenvalue weighted by molar-refractivity contribution is 6.30. The van der Waals surface area contributed by atoms with Gasteiger partial charge in [0.05, 0.1) is 11.7 Å². The summed E-state index contributed by atoms with van der Waals surface area (Å²) in [6.45, 7) is 9.06. The maximum atomic E-state index is 6.00. The fourth-order valence-electron chi connectivity index (χ4n) is 2.66. The molecule has 0 aromatic heterocycles. The Morgan fingerprint density at radius 3 is 2.83 bits per heavy atom. The van der Waals surface area contributed by atoms with E-state index in [9.17, 15) is 0 Å². The van der Waals surface area contributed by atoms with Crippen molar-refractivity contribution in [2.45, 2.75) is 39.0 Å². The summed E-state index contributed by atoms with van der Waals surface area (Å²) in [6.07, 6.45) is 0.252. The minimum atomic E-state index is -0.0984. The summed E-state index contributed by atoms with van der Waals surface area (Å²) in [5.74, 6) is 0. The van der Waals surface area contributed by atoms with Crippen LogP contribution in [-0.2, 0) is 11.3 Å². The molecule has 0 bridgehead atoms. The number of halogens is 1. The third-order valence-corrected chi connectivity index (χ3v) is 3.38. The number of rotatable bonds is 2. The minimum Gasteiger partial charge on any atom is -0.398 e. The van der Waals surface area contributed by atoms with Crippen molar-refractivity contribution in [2.75, 3.05) is 18.8 Å². The summed E-state index contributed by atoms with van der Waals surface area (Å²) in [5.41, 5.74) is 7.79. The van der Waals surface area contributed by atoms with Gasteiger partial charge in [0, 0.05) is 30.3 Å². The Balaban J connectivity index is 2.09. The van der Waals surface area contributed by atoms with Gasteiger partial charge in [0.1, 0.15) is 0 Å². The van der Waals surface area contributed by atoms with Gasteiger partial charge in [0.15, 0.2) is 0 Å². The van der Waals surface area contributed by atoms with Crippen molar-refractivity contribution in [2.24, 2.45) is 0 Å². The molecule has 2 rings (SSSR count). The molecule has 1 aromatic carbocycles. The molecule has 1 aliphatic heterocycles. The molecule has 1 unspecified atom stereocenters. The van der Waals surface area contributed by atoms with Crippen molar-refractivity contribution < 1.29 is 4.74 Å². The summed E-state index contributed by atoms with van der Waals surface area (Å²) < 4.78 is 5.90. The lowest BCUT2D eigenvalue weighted by Crippen LogP contribution is -2.51. The molecule has 1 atom stereocenters. The second kappa shape index (κ2) is 5.08. The monoisotopic (exact) mass is 268 g/mol. The van der Waals surface area contributed by atoms with Crippen LogP contribution in [0.2, 0.25) is 5.02 Å². The van der Waals surface area contributed by atoms with Gasteiger partial charge in [-0.15, -0.1) is 0 Å². The Labute approximate surface area is 114 Å². The van der Waals surface area contributed by atoms with Crippen LogP contribution in [0.4, 0.5) is 5.69 Å². The van der Waals surface area contributed by atoms with E-state index in [0.29, 0.717) is 5.02 Å². The van der Waals surface area contributed by atoms with E-state index in [0.717, 1.165) is 30.9 Å². The van der Waals surface area contributed by atoms with Crippen LogP contribution in [0.1, 0.15) is 26.3 Å². The molecule has 0 saturated carbocycles. The average Bonchev–Trinajstić information content (AvgIpc) is 2.19. The molecule has 4 heteroatoms. The molecule has 1 heterocycles. The highest BCUT2D eigenvalue weighted by Crippen LogP contribution is 2.25. The molecule has 0 radical (unpaired) electrons. The molecular weight excluding hydrogens is 248 g/mol. The number of hydrogen-bond acceptors (Lipinski definition) is 3. The summed E-state index contributed by atoms with van der Waals surface area (Å²) in [7, 11) is 0. The van der Waals surface area contributed by atoms with Crippen molar-refractivity contribution in [1.82, 2.24) is 4.90 Å². The van der Waals surface area contributed by atoms with E-state index in [1.165, 1.54) is 0 Å². The fourth-order valence-corrected chi connectivity index (χ4v) is 2.84. The Bertz CT molecular complexity index is 434. The smallest absolute Gasteiger partial charge is 0.0757 e. The molecule has 0 spiro atoms. The van der Waals surface area contributed by atoms with Gasteiger partial charge in [0.2, 0.25) is 0 Å². The van der Waals surface area contributed by atoms with Crippen molar-refractivity contribution in [1.29, 1.82) is 0 Å². The molecular formula is C14H21ClN2O. The van der Waals surface area contributed by atoms with Crippen LogP contribution in [0.15, 0.2) is 18.2 Å². The predicted molar refractivity (Wildman–Crippen MR) is 75.8 cm³/mol. The van der Waals surface area contributed by atoms with Crippen LogP contribution in [-0.4, -0.2) is 29.7 Å². The zero-order valence-corrected chi connectivity index (χ0v) is 12.0. The van der Waals surface area contributed by atoms with Gasteiger partial charge >= 0.3 is 0 Å². The number of nitrogens with two attached hydrogens (primary N) is 1. The number of nitrogen functional groups attached to an aromatic ring is 1. The normalized spacial score (nSPS) is 24.1. The third kappa shape index (κ3) is 3.37. The van der Waals surface area contributed by atoms with Crippen LogP contribution < -0.4 is 5.73 Å². The van der Waals surface area contributed by atoms with Gasteiger partial charge in [0.25, 0.3) is 0 Å². The maximum Gasteiger partial charge on any atom is 0.0757 e. The van der Waals surface area contributed by atoms with E-state index in [2.05, 4.69) is 25.7 Å². The van der Waals surface area contributed by atoms with Crippen LogP contribution in [0, 0.1) is 0 Å². The summed E-state index contributed by atoms with van der Waals surface area (Å²) in [4.78, 5) is 2.38. The zero-order valence-electron chi connectivity index (χ0n) is 11.2. The zero-order chi connectivity index (χ0) is 13.3. The highest BCUT2D eigenvalue weighted by Gasteiger charge is 2.31. The lowest BCUT2D eigenvalue weighted by molar-refractivity contribution is -0.130. The van der Waals surface area contributed by atoms with Gasteiger partial charge in [-0.05, 0) is 38.5 Å². The quantitative estimate of drug-likeness (QED) is 0.839. The van der Waals surface area contributed by atoms with Crippen LogP contribution in [0.5, 0.6) is 0 Å². The Morgan fingerprint density at radius 2 is 2.22 bits per heavy atom. The van der Waals surface area contributed by atoms with Crippen LogP contribution in [0.3, 0.4) is 0 Å². The van der Waals surface area contributed by atoms with Crippen molar-refractivity contribution in [3.8, 4) is 0 Å². The molecule has 1 aliphatic rings. The van der Waals surface area contributed by atoms with Gasteiger partial charge in [-0.3, -0.25) is 4.90 Å². The van der Waals surface area contributed by atoms with Gasteiger partial charge in [-0.25, -0.2) is 0 Å². The molecule has 1 aromatic rings. The van der Waals surface area contributed by atoms with Gasteiger partial charge in [-0.1, -0.05) is 17.7 Å².